The van der Waals surface area contributed by atoms with E-state index in [0.29, 0.717) is 30.3 Å². The second-order valence-corrected chi connectivity index (χ2v) is 4.70. The molecule has 2 N–H and O–H groups in total. The second-order valence-electron chi connectivity index (χ2n) is 4.70. The zero-order valence-electron chi connectivity index (χ0n) is 12.7. The lowest BCUT2D eigenvalue weighted by Gasteiger charge is -2.08. The number of carbonyl (C=O) groups is 2. The molecule has 1 heterocycles. The SMILES string of the molecule is CC(=O)Nc1cccc(OCCNC(=O)/C=C\c2ccco2)c1. The normalized spacial score (nSPS) is 10.5. The van der Waals surface area contributed by atoms with E-state index in [9.17, 15) is 9.59 Å². The van der Waals surface area contributed by atoms with Crippen LogP contribution in [-0.4, -0.2) is 25.0 Å². The Labute approximate surface area is 134 Å². The average Bonchev–Trinajstić information content (AvgIpc) is 3.03. The van der Waals surface area contributed by atoms with Crippen molar-refractivity contribution in [3.63, 3.8) is 0 Å². The highest BCUT2D eigenvalue weighted by Gasteiger charge is 2.00. The van der Waals surface area contributed by atoms with Crippen molar-refractivity contribution < 1.29 is 18.7 Å². The molecule has 0 saturated carbocycles. The number of rotatable bonds is 7. The van der Waals surface area contributed by atoms with Gasteiger partial charge in [-0.05, 0) is 30.3 Å². The number of hydrogen-bond acceptors (Lipinski definition) is 4. The number of nitrogens with one attached hydrogen (secondary N) is 2. The summed E-state index contributed by atoms with van der Waals surface area (Å²) in [5.74, 6) is 0.873. The van der Waals surface area contributed by atoms with Crippen LogP contribution in [0.3, 0.4) is 0 Å². The predicted octanol–water partition coefficient (Wildman–Crippen LogP) is 2.45. The maximum Gasteiger partial charge on any atom is 0.244 e. The summed E-state index contributed by atoms with van der Waals surface area (Å²) in [6.45, 7) is 2.13. The van der Waals surface area contributed by atoms with Crippen LogP contribution in [0.25, 0.3) is 6.08 Å². The minimum absolute atomic E-state index is 0.141. The first-order valence-corrected chi connectivity index (χ1v) is 7.13. The summed E-state index contributed by atoms with van der Waals surface area (Å²) in [6, 6.07) is 10.6. The van der Waals surface area contributed by atoms with E-state index in [4.69, 9.17) is 9.15 Å². The highest BCUT2D eigenvalue weighted by molar-refractivity contribution is 5.91. The fourth-order valence-electron chi connectivity index (χ4n) is 1.81. The smallest absolute Gasteiger partial charge is 0.244 e. The van der Waals surface area contributed by atoms with Gasteiger partial charge in [0, 0.05) is 24.8 Å². The van der Waals surface area contributed by atoms with Gasteiger partial charge in [0.2, 0.25) is 11.8 Å². The van der Waals surface area contributed by atoms with Crippen LogP contribution in [0.5, 0.6) is 5.75 Å². The average molecular weight is 314 g/mol. The summed E-state index contributed by atoms with van der Waals surface area (Å²) < 4.78 is 10.6. The number of furan rings is 1. The molecule has 0 bridgehead atoms. The van der Waals surface area contributed by atoms with Gasteiger partial charge in [-0.15, -0.1) is 0 Å². The van der Waals surface area contributed by atoms with Crippen molar-refractivity contribution in [2.24, 2.45) is 0 Å². The van der Waals surface area contributed by atoms with Crippen LogP contribution < -0.4 is 15.4 Å². The van der Waals surface area contributed by atoms with Gasteiger partial charge in [-0.25, -0.2) is 0 Å². The molecule has 0 fully saturated rings. The Morgan fingerprint density at radius 1 is 1.26 bits per heavy atom. The van der Waals surface area contributed by atoms with E-state index < -0.39 is 0 Å². The minimum atomic E-state index is -0.225. The first-order valence-electron chi connectivity index (χ1n) is 7.13. The Morgan fingerprint density at radius 3 is 2.87 bits per heavy atom. The number of ether oxygens (including phenoxy) is 1. The van der Waals surface area contributed by atoms with Crippen molar-refractivity contribution >= 4 is 23.6 Å². The minimum Gasteiger partial charge on any atom is -0.492 e. The molecule has 2 amide bonds. The number of hydrogen-bond donors (Lipinski definition) is 2. The van der Waals surface area contributed by atoms with Gasteiger partial charge < -0.3 is 19.8 Å². The van der Waals surface area contributed by atoms with Gasteiger partial charge in [-0.2, -0.15) is 0 Å². The van der Waals surface area contributed by atoms with E-state index >= 15 is 0 Å². The van der Waals surface area contributed by atoms with Gasteiger partial charge in [-0.3, -0.25) is 9.59 Å². The summed E-state index contributed by atoms with van der Waals surface area (Å²) >= 11 is 0. The molecule has 0 aliphatic carbocycles. The molecule has 0 saturated heterocycles. The zero-order chi connectivity index (χ0) is 16.5. The van der Waals surface area contributed by atoms with E-state index in [0.717, 1.165) is 0 Å². The van der Waals surface area contributed by atoms with Gasteiger partial charge in [-0.1, -0.05) is 6.07 Å². The molecular formula is C17H18N2O4. The molecule has 0 aliphatic rings. The molecule has 6 heteroatoms. The summed E-state index contributed by atoms with van der Waals surface area (Å²) in [5.41, 5.74) is 0.667. The van der Waals surface area contributed by atoms with Crippen molar-refractivity contribution in [2.45, 2.75) is 6.92 Å². The fraction of sp³-hybridized carbons (Fsp3) is 0.176. The van der Waals surface area contributed by atoms with E-state index in [1.807, 2.05) is 0 Å². The van der Waals surface area contributed by atoms with E-state index in [-0.39, 0.29) is 11.8 Å². The number of amides is 2. The van der Waals surface area contributed by atoms with Gasteiger partial charge in [0.05, 0.1) is 12.8 Å². The maximum absolute atomic E-state index is 11.6. The van der Waals surface area contributed by atoms with Gasteiger partial charge in [0.1, 0.15) is 18.1 Å². The molecule has 0 atom stereocenters. The van der Waals surface area contributed by atoms with Gasteiger partial charge >= 0.3 is 0 Å². The number of carbonyl (C=O) groups excluding carboxylic acids is 2. The van der Waals surface area contributed by atoms with Crippen molar-refractivity contribution in [3.8, 4) is 5.75 Å². The maximum atomic E-state index is 11.6. The standard InChI is InChI=1S/C17H18N2O4/c1-13(20)19-14-4-2-5-16(12-14)23-11-9-18-17(21)8-7-15-6-3-10-22-15/h2-8,10,12H,9,11H2,1H3,(H,18,21)(H,19,20)/b8-7-. The second kappa shape index (κ2) is 8.43. The molecular weight excluding hydrogens is 296 g/mol. The van der Waals surface area contributed by atoms with Gasteiger partial charge in [0.15, 0.2) is 0 Å². The third-order valence-corrected chi connectivity index (χ3v) is 2.77. The molecule has 2 aromatic rings. The lowest BCUT2D eigenvalue weighted by molar-refractivity contribution is -0.116. The highest BCUT2D eigenvalue weighted by Crippen LogP contribution is 2.16. The molecule has 1 aromatic heterocycles. The van der Waals surface area contributed by atoms with Crippen molar-refractivity contribution in [2.75, 3.05) is 18.5 Å². The molecule has 0 spiro atoms. The lowest BCUT2D eigenvalue weighted by Crippen LogP contribution is -2.26. The largest absolute Gasteiger partial charge is 0.492 e. The Morgan fingerprint density at radius 2 is 2.13 bits per heavy atom. The zero-order valence-corrected chi connectivity index (χ0v) is 12.7. The molecule has 0 unspecified atom stereocenters. The van der Waals surface area contributed by atoms with Crippen molar-refractivity contribution in [1.82, 2.24) is 5.32 Å². The topological polar surface area (TPSA) is 80.6 Å². The van der Waals surface area contributed by atoms with E-state index in [2.05, 4.69) is 10.6 Å². The Bertz CT molecular complexity index is 678. The third kappa shape index (κ3) is 6.09. The first-order chi connectivity index (χ1) is 11.1. The lowest BCUT2D eigenvalue weighted by atomic mass is 10.3. The van der Waals surface area contributed by atoms with Crippen LogP contribution in [0.1, 0.15) is 12.7 Å². The van der Waals surface area contributed by atoms with E-state index in [1.165, 1.54) is 13.0 Å². The van der Waals surface area contributed by atoms with E-state index in [1.54, 1.807) is 48.7 Å². The molecule has 23 heavy (non-hydrogen) atoms. The Kier molecular flexibility index (Phi) is 5.99. The summed E-state index contributed by atoms with van der Waals surface area (Å²) in [4.78, 5) is 22.6. The monoisotopic (exact) mass is 314 g/mol. The van der Waals surface area contributed by atoms with Gasteiger partial charge in [0.25, 0.3) is 0 Å². The molecule has 0 radical (unpaired) electrons. The summed E-state index contributed by atoms with van der Waals surface area (Å²) in [5, 5.41) is 5.38. The van der Waals surface area contributed by atoms with Crippen LogP contribution in [-0.2, 0) is 9.59 Å². The highest BCUT2D eigenvalue weighted by atomic mass is 16.5. The summed E-state index contributed by atoms with van der Waals surface area (Å²) in [6.07, 6.45) is 4.53. The predicted molar refractivity (Wildman–Crippen MR) is 87.0 cm³/mol. The van der Waals surface area contributed by atoms with Crippen LogP contribution >= 0.6 is 0 Å². The molecule has 1 aromatic carbocycles. The summed E-state index contributed by atoms with van der Waals surface area (Å²) in [7, 11) is 0. The van der Waals surface area contributed by atoms with Crippen LogP contribution in [0.2, 0.25) is 0 Å². The molecule has 6 nitrogen and oxygen atoms in total. The number of anilines is 1. The fourth-order valence-corrected chi connectivity index (χ4v) is 1.81. The third-order valence-electron chi connectivity index (χ3n) is 2.77. The van der Waals surface area contributed by atoms with Crippen molar-refractivity contribution in [3.05, 3.63) is 54.5 Å². The Balaban J connectivity index is 1.70. The molecule has 120 valence electrons. The number of benzene rings is 1. The van der Waals surface area contributed by atoms with Crippen molar-refractivity contribution in [1.29, 1.82) is 0 Å². The Hall–Kier alpha value is -3.02. The first kappa shape index (κ1) is 16.4. The quantitative estimate of drug-likeness (QED) is 0.607. The van der Waals surface area contributed by atoms with Crippen LogP contribution in [0.15, 0.2) is 53.2 Å². The van der Waals surface area contributed by atoms with Crippen LogP contribution in [0.4, 0.5) is 5.69 Å². The molecule has 0 aliphatic heterocycles. The molecule has 2 rings (SSSR count). The van der Waals surface area contributed by atoms with Crippen LogP contribution in [0, 0.1) is 0 Å².